The van der Waals surface area contributed by atoms with Gasteiger partial charge in [0.2, 0.25) is 0 Å². The van der Waals surface area contributed by atoms with Gasteiger partial charge in [-0.1, -0.05) is 322 Å². The quantitative estimate of drug-likeness (QED) is 0.0261. The number of hydrogen-bond donors (Lipinski definition) is 0. The van der Waals surface area contributed by atoms with E-state index in [9.17, 15) is 14.4 Å². The zero-order chi connectivity index (χ0) is 51.4. The van der Waals surface area contributed by atoms with Gasteiger partial charge < -0.3 is 14.2 Å². The van der Waals surface area contributed by atoms with E-state index in [1.165, 1.54) is 257 Å². The topological polar surface area (TPSA) is 78.9 Å². The molecule has 0 saturated carbocycles. The summed E-state index contributed by atoms with van der Waals surface area (Å²) < 4.78 is 16.9. The molecular weight excluding hydrogens is 877 g/mol. The van der Waals surface area contributed by atoms with E-state index in [1.807, 2.05) is 0 Å². The van der Waals surface area contributed by atoms with Crippen LogP contribution in [0.3, 0.4) is 0 Å². The normalized spacial score (nSPS) is 12.0. The Morgan fingerprint density at radius 3 is 0.761 bits per heavy atom. The number of allylic oxidation sites excluding steroid dienone is 2. The number of unbranched alkanes of at least 4 members (excludes halogenated alkanes) is 47. The van der Waals surface area contributed by atoms with Crippen molar-refractivity contribution in [3.8, 4) is 0 Å². The summed E-state index contributed by atoms with van der Waals surface area (Å²) in [5, 5.41) is 0. The molecule has 0 bridgehead atoms. The summed E-state index contributed by atoms with van der Waals surface area (Å²) in [6, 6.07) is 0. The molecule has 6 nitrogen and oxygen atoms in total. The fourth-order valence-corrected chi connectivity index (χ4v) is 9.92. The fraction of sp³-hybridized carbons (Fsp3) is 0.923. The SMILES string of the molecule is CCC/C=C\CCCCCCCC(=O)OCC(COC(=O)CCCCCCCCCCCCCCCCCCCCCCCCCCCCCCCC)OC(=O)CCCCCCCCCCCCCCC. The van der Waals surface area contributed by atoms with Crippen molar-refractivity contribution in [3.05, 3.63) is 12.2 Å². The maximum absolute atomic E-state index is 12.8. The lowest BCUT2D eigenvalue weighted by molar-refractivity contribution is -0.167. The molecule has 0 amide bonds. The molecule has 1 atom stereocenters. The highest BCUT2D eigenvalue weighted by atomic mass is 16.6. The van der Waals surface area contributed by atoms with E-state index in [4.69, 9.17) is 14.2 Å². The molecule has 0 aliphatic rings. The molecule has 0 radical (unpaired) electrons. The van der Waals surface area contributed by atoms with Crippen molar-refractivity contribution >= 4 is 17.9 Å². The monoisotopic (exact) mass is 1000 g/mol. The Hall–Kier alpha value is -1.85. The van der Waals surface area contributed by atoms with Gasteiger partial charge in [0, 0.05) is 19.3 Å². The van der Waals surface area contributed by atoms with Gasteiger partial charge in [0.1, 0.15) is 13.2 Å². The van der Waals surface area contributed by atoms with Gasteiger partial charge in [-0.25, -0.2) is 0 Å². The number of carbonyl (C=O) groups is 3. The summed E-state index contributed by atoms with van der Waals surface area (Å²) in [5.74, 6) is -0.853. The summed E-state index contributed by atoms with van der Waals surface area (Å²) in [7, 11) is 0. The molecular formula is C65H124O6. The summed E-state index contributed by atoms with van der Waals surface area (Å²) in [5.41, 5.74) is 0. The van der Waals surface area contributed by atoms with Gasteiger partial charge in [0.15, 0.2) is 6.10 Å². The molecule has 0 aromatic heterocycles. The van der Waals surface area contributed by atoms with Crippen molar-refractivity contribution in [3.63, 3.8) is 0 Å². The number of ether oxygens (including phenoxy) is 3. The minimum Gasteiger partial charge on any atom is -0.462 e. The first-order chi connectivity index (χ1) is 35.0. The Morgan fingerprint density at radius 1 is 0.268 bits per heavy atom. The van der Waals surface area contributed by atoms with Crippen LogP contribution < -0.4 is 0 Å². The predicted octanol–water partition coefficient (Wildman–Crippen LogP) is 21.7. The molecule has 0 rings (SSSR count). The lowest BCUT2D eigenvalue weighted by Crippen LogP contribution is -2.30. The summed E-state index contributed by atoms with van der Waals surface area (Å²) in [6.45, 7) is 6.63. The summed E-state index contributed by atoms with van der Waals surface area (Å²) in [4.78, 5) is 38.1. The highest BCUT2D eigenvalue weighted by Crippen LogP contribution is 2.18. The molecule has 0 N–H and O–H groups in total. The lowest BCUT2D eigenvalue weighted by atomic mass is 10.0. The van der Waals surface area contributed by atoms with E-state index in [0.29, 0.717) is 19.3 Å². The second kappa shape index (κ2) is 60.7. The molecule has 1 unspecified atom stereocenters. The van der Waals surface area contributed by atoms with Crippen molar-refractivity contribution in [2.24, 2.45) is 0 Å². The average Bonchev–Trinajstić information content (AvgIpc) is 3.37. The number of carbonyl (C=O) groups excluding carboxylic acids is 3. The van der Waals surface area contributed by atoms with Crippen molar-refractivity contribution in [1.29, 1.82) is 0 Å². The number of hydrogen-bond acceptors (Lipinski definition) is 6. The van der Waals surface area contributed by atoms with Gasteiger partial charge in [0.25, 0.3) is 0 Å². The molecule has 0 heterocycles. The second-order valence-electron chi connectivity index (χ2n) is 22.0. The van der Waals surface area contributed by atoms with E-state index in [0.717, 1.165) is 70.6 Å². The highest BCUT2D eigenvalue weighted by Gasteiger charge is 2.19. The zero-order valence-electron chi connectivity index (χ0n) is 48.3. The third-order valence-corrected chi connectivity index (χ3v) is 14.8. The Morgan fingerprint density at radius 2 is 0.493 bits per heavy atom. The minimum atomic E-state index is -0.767. The van der Waals surface area contributed by atoms with Crippen LogP contribution >= 0.6 is 0 Å². The van der Waals surface area contributed by atoms with Crippen LogP contribution in [-0.4, -0.2) is 37.2 Å². The van der Waals surface area contributed by atoms with Crippen LogP contribution in [0.25, 0.3) is 0 Å². The summed E-state index contributed by atoms with van der Waals surface area (Å²) in [6.07, 6.45) is 71.1. The van der Waals surface area contributed by atoms with E-state index in [-0.39, 0.29) is 31.1 Å². The fourth-order valence-electron chi connectivity index (χ4n) is 9.92. The van der Waals surface area contributed by atoms with E-state index >= 15 is 0 Å². The summed E-state index contributed by atoms with van der Waals surface area (Å²) >= 11 is 0. The molecule has 71 heavy (non-hydrogen) atoms. The van der Waals surface area contributed by atoms with Crippen molar-refractivity contribution in [1.82, 2.24) is 0 Å². The third kappa shape index (κ3) is 58.9. The molecule has 0 aliphatic carbocycles. The first-order valence-electron chi connectivity index (χ1n) is 32.2. The first-order valence-corrected chi connectivity index (χ1v) is 32.2. The van der Waals surface area contributed by atoms with Gasteiger partial charge in [-0.3, -0.25) is 14.4 Å². The van der Waals surface area contributed by atoms with Gasteiger partial charge in [0.05, 0.1) is 0 Å². The van der Waals surface area contributed by atoms with Gasteiger partial charge in [-0.05, 0) is 38.5 Å². The molecule has 420 valence electrons. The Labute approximate surface area is 443 Å². The van der Waals surface area contributed by atoms with Crippen molar-refractivity contribution in [2.75, 3.05) is 13.2 Å². The molecule has 0 aliphatic heterocycles. The Bertz CT molecular complexity index is 1100. The average molecular weight is 1000 g/mol. The first kappa shape index (κ1) is 69.2. The van der Waals surface area contributed by atoms with Crippen LogP contribution in [0.5, 0.6) is 0 Å². The van der Waals surface area contributed by atoms with Crippen LogP contribution in [0.15, 0.2) is 12.2 Å². The van der Waals surface area contributed by atoms with E-state index in [1.54, 1.807) is 0 Å². The number of rotatable bonds is 60. The lowest BCUT2D eigenvalue weighted by Gasteiger charge is -2.18. The molecule has 6 heteroatoms. The van der Waals surface area contributed by atoms with Gasteiger partial charge >= 0.3 is 17.9 Å². The van der Waals surface area contributed by atoms with E-state index in [2.05, 4.69) is 32.9 Å². The molecule has 0 aromatic carbocycles. The largest absolute Gasteiger partial charge is 0.462 e. The van der Waals surface area contributed by atoms with Crippen molar-refractivity contribution < 1.29 is 28.6 Å². The molecule has 0 saturated heterocycles. The van der Waals surface area contributed by atoms with Gasteiger partial charge in [-0.2, -0.15) is 0 Å². The maximum atomic E-state index is 12.8. The molecule has 0 spiro atoms. The second-order valence-corrected chi connectivity index (χ2v) is 22.0. The van der Waals surface area contributed by atoms with Crippen LogP contribution in [0, 0.1) is 0 Å². The molecule has 0 fully saturated rings. The smallest absolute Gasteiger partial charge is 0.306 e. The van der Waals surface area contributed by atoms with Crippen LogP contribution in [0.1, 0.15) is 367 Å². The molecule has 0 aromatic rings. The third-order valence-electron chi connectivity index (χ3n) is 14.8. The van der Waals surface area contributed by atoms with E-state index < -0.39 is 6.10 Å². The van der Waals surface area contributed by atoms with Crippen molar-refractivity contribution in [2.45, 2.75) is 374 Å². The number of esters is 3. The van der Waals surface area contributed by atoms with Crippen LogP contribution in [-0.2, 0) is 28.6 Å². The predicted molar refractivity (Wildman–Crippen MR) is 307 cm³/mol. The van der Waals surface area contributed by atoms with Crippen LogP contribution in [0.4, 0.5) is 0 Å². The van der Waals surface area contributed by atoms with Gasteiger partial charge in [-0.15, -0.1) is 0 Å². The zero-order valence-corrected chi connectivity index (χ0v) is 48.3. The highest BCUT2D eigenvalue weighted by molar-refractivity contribution is 5.71. The Kier molecular flexibility index (Phi) is 59.1. The maximum Gasteiger partial charge on any atom is 0.306 e. The standard InChI is InChI=1S/C65H124O6/c1-4-7-10-13-16-19-22-24-25-26-27-28-29-30-31-32-33-34-35-36-37-38-39-40-42-43-46-49-52-55-58-64(67)70-61-62(60-69-63(66)57-54-51-48-45-21-18-15-12-9-6-3)71-65(68)59-56-53-50-47-44-41-23-20-17-14-11-8-5-2/h12,15,62H,4-11,13-14,16-61H2,1-3H3/b15-12-. The minimum absolute atomic E-state index is 0.0667. The Balaban J connectivity index is 4.01. The van der Waals surface area contributed by atoms with Crippen LogP contribution in [0.2, 0.25) is 0 Å².